The zero-order valence-electron chi connectivity index (χ0n) is 13.7. The second kappa shape index (κ2) is 6.65. The van der Waals surface area contributed by atoms with Crippen molar-refractivity contribution in [1.82, 2.24) is 9.80 Å². The maximum atomic E-state index is 12.9. The Hall–Kier alpha value is -1.33. The number of hydrogen-bond acceptors (Lipinski definition) is 4. The molecule has 5 nitrogen and oxygen atoms in total. The third-order valence-corrected chi connectivity index (χ3v) is 5.68. The molecular formula is C18H26N2O3. The molecule has 3 aliphatic rings. The number of piperidine rings is 1. The molecule has 1 aromatic rings. The number of amides is 1. The van der Waals surface area contributed by atoms with Crippen LogP contribution in [-0.4, -0.2) is 54.6 Å². The summed E-state index contributed by atoms with van der Waals surface area (Å²) in [6.07, 6.45) is 8.05. The molecule has 0 spiro atoms. The number of carbonyl (C=O) groups is 1. The zero-order valence-corrected chi connectivity index (χ0v) is 13.7. The van der Waals surface area contributed by atoms with Crippen LogP contribution in [0.4, 0.5) is 0 Å². The average Bonchev–Trinajstić information content (AvgIpc) is 3.27. The van der Waals surface area contributed by atoms with Gasteiger partial charge < -0.3 is 14.1 Å². The van der Waals surface area contributed by atoms with E-state index in [1.807, 2.05) is 12.3 Å². The van der Waals surface area contributed by atoms with Gasteiger partial charge in [-0.05, 0) is 31.7 Å². The van der Waals surface area contributed by atoms with Crippen molar-refractivity contribution in [2.75, 3.05) is 32.8 Å². The highest BCUT2D eigenvalue weighted by molar-refractivity contribution is 5.79. The molecule has 0 aromatic carbocycles. The molecule has 0 bridgehead atoms. The van der Waals surface area contributed by atoms with Crippen LogP contribution in [0.3, 0.4) is 0 Å². The second-order valence-corrected chi connectivity index (χ2v) is 7.16. The summed E-state index contributed by atoms with van der Waals surface area (Å²) in [5, 5.41) is 0. The third kappa shape index (κ3) is 3.17. The van der Waals surface area contributed by atoms with E-state index in [1.54, 1.807) is 6.26 Å². The molecular weight excluding hydrogens is 292 g/mol. The van der Waals surface area contributed by atoms with Gasteiger partial charge in [0.25, 0.3) is 0 Å². The lowest BCUT2D eigenvalue weighted by Crippen LogP contribution is -2.53. The summed E-state index contributed by atoms with van der Waals surface area (Å²) < 4.78 is 11.2. The van der Waals surface area contributed by atoms with Gasteiger partial charge in [0.2, 0.25) is 5.91 Å². The van der Waals surface area contributed by atoms with E-state index in [2.05, 4.69) is 9.80 Å². The second-order valence-electron chi connectivity index (χ2n) is 7.16. The van der Waals surface area contributed by atoms with Crippen LogP contribution in [0.15, 0.2) is 23.0 Å². The molecule has 3 aliphatic heterocycles. The molecule has 4 heterocycles. The standard InChI is InChI=1S/C18H26N2O3/c21-18(20-6-1-2-7-20)15-5-10-23-17-3-8-19(12-16(15)17)11-14-4-9-22-13-14/h4,9,13,15-17H,1-3,5-8,10-12H2/t15-,16+,17-/m1/s1. The Kier molecular flexibility index (Phi) is 4.40. The Labute approximate surface area is 137 Å². The van der Waals surface area contributed by atoms with E-state index in [1.165, 1.54) is 5.56 Å². The fraction of sp³-hybridized carbons (Fsp3) is 0.722. The number of carbonyl (C=O) groups excluding carboxylic acids is 1. The SMILES string of the molecule is O=C([C@@H]1CCO[C@@H]2CCN(Cc3ccoc3)C[C@H]21)N1CCCC1. The fourth-order valence-electron chi connectivity index (χ4n) is 4.45. The van der Waals surface area contributed by atoms with Crippen LogP contribution in [0.1, 0.15) is 31.2 Å². The van der Waals surface area contributed by atoms with E-state index in [4.69, 9.17) is 9.15 Å². The number of nitrogens with zero attached hydrogens (tertiary/aromatic N) is 2. The molecule has 0 N–H and O–H groups in total. The molecule has 23 heavy (non-hydrogen) atoms. The van der Waals surface area contributed by atoms with E-state index in [9.17, 15) is 4.79 Å². The van der Waals surface area contributed by atoms with Gasteiger partial charge >= 0.3 is 0 Å². The zero-order chi connectivity index (χ0) is 15.6. The first kappa shape index (κ1) is 15.2. The number of hydrogen-bond donors (Lipinski definition) is 0. The Morgan fingerprint density at radius 2 is 2.09 bits per heavy atom. The molecule has 0 radical (unpaired) electrons. The Bertz CT molecular complexity index is 524. The van der Waals surface area contributed by atoms with Crippen molar-refractivity contribution >= 4 is 5.91 Å². The molecule has 3 fully saturated rings. The smallest absolute Gasteiger partial charge is 0.226 e. The molecule has 1 aromatic heterocycles. The number of ether oxygens (including phenoxy) is 1. The number of rotatable bonds is 3. The van der Waals surface area contributed by atoms with Gasteiger partial charge in [-0.2, -0.15) is 0 Å². The molecule has 4 rings (SSSR count). The molecule has 126 valence electrons. The van der Waals surface area contributed by atoms with Gasteiger partial charge in [0.1, 0.15) is 0 Å². The normalized spacial score (nSPS) is 32.0. The highest BCUT2D eigenvalue weighted by Gasteiger charge is 2.43. The van der Waals surface area contributed by atoms with Gasteiger partial charge in [0, 0.05) is 56.7 Å². The highest BCUT2D eigenvalue weighted by Crippen LogP contribution is 2.35. The maximum Gasteiger partial charge on any atom is 0.226 e. The van der Waals surface area contributed by atoms with Crippen LogP contribution >= 0.6 is 0 Å². The van der Waals surface area contributed by atoms with Crippen LogP contribution in [-0.2, 0) is 16.1 Å². The summed E-state index contributed by atoms with van der Waals surface area (Å²) in [6, 6.07) is 2.02. The monoisotopic (exact) mass is 318 g/mol. The van der Waals surface area contributed by atoms with Crippen molar-refractivity contribution in [3.05, 3.63) is 24.2 Å². The Morgan fingerprint density at radius 3 is 2.87 bits per heavy atom. The van der Waals surface area contributed by atoms with E-state index in [-0.39, 0.29) is 12.0 Å². The van der Waals surface area contributed by atoms with E-state index in [0.29, 0.717) is 11.8 Å². The Balaban J connectivity index is 1.44. The van der Waals surface area contributed by atoms with Gasteiger partial charge in [0.15, 0.2) is 0 Å². The van der Waals surface area contributed by atoms with Gasteiger partial charge in [-0.1, -0.05) is 0 Å². The van der Waals surface area contributed by atoms with E-state index in [0.717, 1.165) is 65.0 Å². The number of fused-ring (bicyclic) bond motifs is 1. The summed E-state index contributed by atoms with van der Waals surface area (Å²) in [4.78, 5) is 17.5. The topological polar surface area (TPSA) is 45.9 Å². The molecule has 1 amide bonds. The lowest BCUT2D eigenvalue weighted by Gasteiger charge is -2.45. The lowest BCUT2D eigenvalue weighted by molar-refractivity contribution is -0.150. The summed E-state index contributed by atoms with van der Waals surface area (Å²) in [5.41, 5.74) is 1.21. The van der Waals surface area contributed by atoms with Crippen LogP contribution in [0.25, 0.3) is 0 Å². The first-order chi connectivity index (χ1) is 11.3. The molecule has 5 heteroatoms. The molecule has 3 saturated heterocycles. The molecule has 0 unspecified atom stereocenters. The molecule has 0 saturated carbocycles. The van der Waals surface area contributed by atoms with E-state index < -0.39 is 0 Å². The number of furan rings is 1. The summed E-state index contributed by atoms with van der Waals surface area (Å²) in [5.74, 6) is 0.877. The molecule has 0 aliphatic carbocycles. The third-order valence-electron chi connectivity index (χ3n) is 5.68. The van der Waals surface area contributed by atoms with Crippen molar-refractivity contribution in [2.24, 2.45) is 11.8 Å². The Morgan fingerprint density at radius 1 is 1.22 bits per heavy atom. The quantitative estimate of drug-likeness (QED) is 0.856. The predicted octanol–water partition coefficient (Wildman–Crippen LogP) is 2.13. The summed E-state index contributed by atoms with van der Waals surface area (Å²) in [6.45, 7) is 5.55. The van der Waals surface area contributed by atoms with Crippen LogP contribution < -0.4 is 0 Å². The minimum Gasteiger partial charge on any atom is -0.472 e. The largest absolute Gasteiger partial charge is 0.472 e. The van der Waals surface area contributed by atoms with Gasteiger partial charge in [-0.3, -0.25) is 9.69 Å². The van der Waals surface area contributed by atoms with Gasteiger partial charge in [0.05, 0.1) is 18.6 Å². The highest BCUT2D eigenvalue weighted by atomic mass is 16.5. The van der Waals surface area contributed by atoms with Crippen molar-refractivity contribution in [3.63, 3.8) is 0 Å². The number of likely N-dealkylation sites (tertiary alicyclic amines) is 2. The first-order valence-corrected chi connectivity index (χ1v) is 8.95. The van der Waals surface area contributed by atoms with Crippen molar-refractivity contribution < 1.29 is 13.9 Å². The van der Waals surface area contributed by atoms with Crippen LogP contribution in [0.2, 0.25) is 0 Å². The fourth-order valence-corrected chi connectivity index (χ4v) is 4.45. The van der Waals surface area contributed by atoms with Gasteiger partial charge in [-0.25, -0.2) is 0 Å². The minimum atomic E-state index is 0.152. The van der Waals surface area contributed by atoms with Crippen LogP contribution in [0.5, 0.6) is 0 Å². The van der Waals surface area contributed by atoms with E-state index >= 15 is 0 Å². The average molecular weight is 318 g/mol. The summed E-state index contributed by atoms with van der Waals surface area (Å²) in [7, 11) is 0. The molecule has 3 atom stereocenters. The maximum absolute atomic E-state index is 12.9. The predicted molar refractivity (Wildman–Crippen MR) is 85.8 cm³/mol. The summed E-state index contributed by atoms with van der Waals surface area (Å²) >= 11 is 0. The lowest BCUT2D eigenvalue weighted by atomic mass is 9.78. The minimum absolute atomic E-state index is 0.152. The van der Waals surface area contributed by atoms with Gasteiger partial charge in [-0.15, -0.1) is 0 Å². The van der Waals surface area contributed by atoms with Crippen molar-refractivity contribution in [3.8, 4) is 0 Å². The first-order valence-electron chi connectivity index (χ1n) is 8.95. The van der Waals surface area contributed by atoms with Crippen molar-refractivity contribution in [1.29, 1.82) is 0 Å². The van der Waals surface area contributed by atoms with Crippen LogP contribution in [0, 0.1) is 11.8 Å². The van der Waals surface area contributed by atoms with Crippen molar-refractivity contribution in [2.45, 2.75) is 38.3 Å².